The molecule has 1 atom stereocenters. The number of alkyl halides is 3. The van der Waals surface area contributed by atoms with Gasteiger partial charge in [0.25, 0.3) is 0 Å². The van der Waals surface area contributed by atoms with Crippen molar-refractivity contribution in [2.24, 2.45) is 5.92 Å². The number of hydrogen-bond acceptors (Lipinski definition) is 3. The Kier molecular flexibility index (Phi) is 9.51. The van der Waals surface area contributed by atoms with Crippen LogP contribution < -0.4 is 10.1 Å². The van der Waals surface area contributed by atoms with E-state index < -0.39 is 6.36 Å². The van der Waals surface area contributed by atoms with Gasteiger partial charge in [-0.3, -0.25) is 4.90 Å². The van der Waals surface area contributed by atoms with Crippen molar-refractivity contribution in [3.63, 3.8) is 0 Å². The molecule has 0 spiro atoms. The fraction of sp³-hybridized carbons (Fsp3) is 0.667. The summed E-state index contributed by atoms with van der Waals surface area (Å²) in [5.41, 5.74) is 0.950. The molecule has 150 valence electrons. The molecule has 1 saturated heterocycles. The number of ether oxygens (including phenoxy) is 1. The minimum absolute atomic E-state index is 0. The monoisotopic (exact) mass is 414 g/mol. The summed E-state index contributed by atoms with van der Waals surface area (Å²) in [7, 11) is 0. The third-order valence-electron chi connectivity index (χ3n) is 5.07. The highest BCUT2D eigenvalue weighted by atomic mass is 35.5. The zero-order valence-electron chi connectivity index (χ0n) is 14.6. The lowest BCUT2D eigenvalue weighted by Crippen LogP contribution is -2.47. The topological polar surface area (TPSA) is 24.5 Å². The van der Waals surface area contributed by atoms with E-state index in [9.17, 15) is 13.2 Å². The lowest BCUT2D eigenvalue weighted by atomic mass is 9.80. The van der Waals surface area contributed by atoms with E-state index >= 15 is 0 Å². The predicted molar refractivity (Wildman–Crippen MR) is 101 cm³/mol. The molecule has 1 aromatic carbocycles. The zero-order valence-corrected chi connectivity index (χ0v) is 16.3. The van der Waals surface area contributed by atoms with Gasteiger partial charge in [-0.05, 0) is 36.5 Å². The van der Waals surface area contributed by atoms with Crippen molar-refractivity contribution in [1.29, 1.82) is 0 Å². The van der Waals surface area contributed by atoms with Gasteiger partial charge in [0.15, 0.2) is 0 Å². The van der Waals surface area contributed by atoms with E-state index in [1.807, 2.05) is 6.07 Å². The Morgan fingerprint density at radius 3 is 2.31 bits per heavy atom. The number of nitrogens with one attached hydrogen (secondary N) is 1. The Morgan fingerprint density at radius 1 is 1.04 bits per heavy atom. The molecule has 0 radical (unpaired) electrons. The molecule has 3 nitrogen and oxygen atoms in total. The van der Waals surface area contributed by atoms with Crippen molar-refractivity contribution in [3.05, 3.63) is 29.8 Å². The molecular weight excluding hydrogens is 388 g/mol. The second-order valence-electron chi connectivity index (χ2n) is 6.75. The predicted octanol–water partition coefficient (Wildman–Crippen LogP) is 4.96. The molecule has 26 heavy (non-hydrogen) atoms. The minimum Gasteiger partial charge on any atom is -0.406 e. The van der Waals surface area contributed by atoms with Gasteiger partial charge in [0.1, 0.15) is 5.75 Å². The number of hydrogen-bond donors (Lipinski definition) is 1. The molecule has 0 bridgehead atoms. The molecule has 1 aliphatic heterocycles. The van der Waals surface area contributed by atoms with Crippen molar-refractivity contribution in [3.8, 4) is 5.75 Å². The maximum atomic E-state index is 12.5. The van der Waals surface area contributed by atoms with Crippen LogP contribution in [0.1, 0.15) is 43.7 Å². The van der Waals surface area contributed by atoms with E-state index in [-0.39, 0.29) is 36.6 Å². The second-order valence-corrected chi connectivity index (χ2v) is 6.75. The van der Waals surface area contributed by atoms with Gasteiger partial charge in [0, 0.05) is 32.2 Å². The Morgan fingerprint density at radius 2 is 1.69 bits per heavy atom. The third-order valence-corrected chi connectivity index (χ3v) is 5.07. The molecule has 1 aromatic rings. The molecule has 0 amide bonds. The lowest BCUT2D eigenvalue weighted by molar-refractivity contribution is -0.274. The molecule has 0 aromatic heterocycles. The minimum atomic E-state index is -4.64. The van der Waals surface area contributed by atoms with Crippen LogP contribution in [-0.4, -0.2) is 37.4 Å². The summed E-state index contributed by atoms with van der Waals surface area (Å²) < 4.78 is 41.8. The van der Waals surface area contributed by atoms with Gasteiger partial charge in [-0.1, -0.05) is 31.4 Å². The van der Waals surface area contributed by atoms with Crippen molar-refractivity contribution in [2.75, 3.05) is 26.2 Å². The smallest absolute Gasteiger partial charge is 0.406 e. The summed E-state index contributed by atoms with van der Waals surface area (Å²) in [5, 5.41) is 3.35. The summed E-state index contributed by atoms with van der Waals surface area (Å²) >= 11 is 0. The van der Waals surface area contributed by atoms with Crippen LogP contribution in [0.5, 0.6) is 5.75 Å². The normalized spacial score (nSPS) is 20.6. The average molecular weight is 415 g/mol. The highest BCUT2D eigenvalue weighted by Gasteiger charge is 2.33. The number of rotatable bonds is 4. The first-order valence-electron chi connectivity index (χ1n) is 8.83. The fourth-order valence-corrected chi connectivity index (χ4v) is 4.09. The standard InChI is InChI=1S/C18H25F3N2O.2ClH/c19-18(20,21)24-16-8-4-7-15(13-16)17(14-5-2-1-3-6-14)23-11-9-22-10-12-23;;/h4,7-8,13-14,17,22H,1-3,5-6,9-12H2;2*1H/t17-;;/m1../s1. The Bertz CT molecular complexity index is 515. The van der Waals surface area contributed by atoms with Crippen molar-refractivity contribution in [2.45, 2.75) is 44.5 Å². The lowest BCUT2D eigenvalue weighted by Gasteiger charge is -2.41. The molecule has 2 aliphatic rings. The zero-order chi connectivity index (χ0) is 17.0. The van der Waals surface area contributed by atoms with E-state index in [2.05, 4.69) is 15.0 Å². The Labute approximate surface area is 165 Å². The van der Waals surface area contributed by atoms with Crippen LogP contribution in [0.25, 0.3) is 0 Å². The summed E-state index contributed by atoms with van der Waals surface area (Å²) in [4.78, 5) is 2.43. The SMILES string of the molecule is Cl.Cl.FC(F)(F)Oc1cccc([C@@H](C2CCCCC2)N2CCNCC2)c1. The van der Waals surface area contributed by atoms with E-state index in [4.69, 9.17) is 0 Å². The summed E-state index contributed by atoms with van der Waals surface area (Å²) in [5.74, 6) is 0.397. The van der Waals surface area contributed by atoms with E-state index in [0.29, 0.717) is 5.92 Å². The number of benzene rings is 1. The first-order chi connectivity index (χ1) is 11.5. The van der Waals surface area contributed by atoms with Crippen LogP contribution in [0, 0.1) is 5.92 Å². The number of halogens is 5. The molecule has 1 saturated carbocycles. The summed E-state index contributed by atoms with van der Waals surface area (Å²) in [6.07, 6.45) is 1.35. The number of nitrogens with zero attached hydrogens (tertiary/aromatic N) is 1. The average Bonchev–Trinajstić information content (AvgIpc) is 2.56. The maximum Gasteiger partial charge on any atom is 0.573 e. The molecule has 8 heteroatoms. The van der Waals surface area contributed by atoms with Gasteiger partial charge >= 0.3 is 6.36 Å². The molecule has 2 fully saturated rings. The van der Waals surface area contributed by atoms with Crippen LogP contribution in [0.2, 0.25) is 0 Å². The van der Waals surface area contributed by atoms with Crippen molar-refractivity contribution >= 4 is 24.8 Å². The van der Waals surface area contributed by atoms with Crippen LogP contribution in [0.15, 0.2) is 24.3 Å². The van der Waals surface area contributed by atoms with E-state index in [1.54, 1.807) is 12.1 Å². The van der Waals surface area contributed by atoms with Gasteiger partial charge < -0.3 is 10.1 Å². The molecule has 3 rings (SSSR count). The molecular formula is C18H27Cl2F3N2O. The Hall–Kier alpha value is -0.690. The summed E-state index contributed by atoms with van der Waals surface area (Å²) in [6.45, 7) is 3.74. The molecule has 1 N–H and O–H groups in total. The second kappa shape index (κ2) is 10.6. The van der Waals surface area contributed by atoms with Crippen molar-refractivity contribution in [1.82, 2.24) is 10.2 Å². The molecule has 1 aliphatic carbocycles. The van der Waals surface area contributed by atoms with Gasteiger partial charge in [-0.15, -0.1) is 38.0 Å². The molecule has 0 unspecified atom stereocenters. The quantitative estimate of drug-likeness (QED) is 0.753. The number of piperazine rings is 1. The largest absolute Gasteiger partial charge is 0.573 e. The van der Waals surface area contributed by atoms with E-state index in [1.165, 1.54) is 25.3 Å². The summed E-state index contributed by atoms with van der Waals surface area (Å²) in [6, 6.07) is 6.77. The van der Waals surface area contributed by atoms with E-state index in [0.717, 1.165) is 44.6 Å². The highest BCUT2D eigenvalue weighted by molar-refractivity contribution is 5.85. The molecule has 1 heterocycles. The van der Waals surface area contributed by atoms with Gasteiger partial charge in [-0.25, -0.2) is 0 Å². The van der Waals surface area contributed by atoms with Crippen LogP contribution in [0.3, 0.4) is 0 Å². The van der Waals surface area contributed by atoms with Gasteiger partial charge in [0.05, 0.1) is 0 Å². The highest BCUT2D eigenvalue weighted by Crippen LogP contribution is 2.39. The van der Waals surface area contributed by atoms with Crippen LogP contribution in [-0.2, 0) is 0 Å². The maximum absolute atomic E-state index is 12.5. The fourth-order valence-electron chi connectivity index (χ4n) is 4.09. The van der Waals surface area contributed by atoms with Crippen LogP contribution in [0.4, 0.5) is 13.2 Å². The Balaban J connectivity index is 0.00000169. The van der Waals surface area contributed by atoms with Crippen molar-refractivity contribution < 1.29 is 17.9 Å². The van der Waals surface area contributed by atoms with Gasteiger partial charge in [-0.2, -0.15) is 0 Å². The first kappa shape index (κ1) is 23.3. The van der Waals surface area contributed by atoms with Gasteiger partial charge in [0.2, 0.25) is 0 Å². The third kappa shape index (κ3) is 6.48. The first-order valence-corrected chi connectivity index (χ1v) is 8.83. The van der Waals surface area contributed by atoms with Crippen LogP contribution >= 0.6 is 24.8 Å².